The van der Waals surface area contributed by atoms with E-state index in [-0.39, 0.29) is 11.6 Å². The first-order chi connectivity index (χ1) is 8.70. The van der Waals surface area contributed by atoms with Crippen molar-refractivity contribution in [2.45, 2.75) is 37.8 Å². The van der Waals surface area contributed by atoms with Crippen molar-refractivity contribution < 1.29 is 9.47 Å². The van der Waals surface area contributed by atoms with Gasteiger partial charge < -0.3 is 15.2 Å². The van der Waals surface area contributed by atoms with Gasteiger partial charge in [0.15, 0.2) is 0 Å². The lowest BCUT2D eigenvalue weighted by Crippen LogP contribution is -2.43. The first-order valence-corrected chi connectivity index (χ1v) is 7.45. The molecule has 1 aromatic heterocycles. The van der Waals surface area contributed by atoms with Crippen LogP contribution >= 0.6 is 11.3 Å². The molecule has 2 aliphatic heterocycles. The van der Waals surface area contributed by atoms with Gasteiger partial charge in [0.1, 0.15) is 0 Å². The van der Waals surface area contributed by atoms with E-state index in [0.29, 0.717) is 5.92 Å². The van der Waals surface area contributed by atoms with E-state index in [0.717, 1.165) is 44.8 Å². The Bertz CT molecular complexity index is 415. The summed E-state index contributed by atoms with van der Waals surface area (Å²) in [4.78, 5) is 5.54. The number of hydrogen-bond acceptors (Lipinski definition) is 5. The maximum absolute atomic E-state index is 6.44. The van der Waals surface area contributed by atoms with Crippen LogP contribution in [0.3, 0.4) is 0 Å². The van der Waals surface area contributed by atoms with Crippen molar-refractivity contribution in [3.05, 3.63) is 16.1 Å². The molecule has 0 amide bonds. The Kier molecular flexibility index (Phi) is 3.40. The molecule has 3 unspecified atom stereocenters. The Morgan fingerprint density at radius 3 is 3.11 bits per heavy atom. The monoisotopic (exact) mass is 268 g/mol. The molecule has 3 heterocycles. The van der Waals surface area contributed by atoms with Gasteiger partial charge in [-0.2, -0.15) is 0 Å². The molecule has 2 aliphatic rings. The summed E-state index contributed by atoms with van der Waals surface area (Å²) < 4.78 is 11.5. The van der Waals surface area contributed by atoms with Crippen LogP contribution in [0.4, 0.5) is 0 Å². The molecule has 2 fully saturated rings. The lowest BCUT2D eigenvalue weighted by atomic mass is 9.81. The van der Waals surface area contributed by atoms with Crippen molar-refractivity contribution in [1.29, 1.82) is 0 Å². The summed E-state index contributed by atoms with van der Waals surface area (Å²) in [5, 5.41) is 0. The number of hydrogen-bond donors (Lipinski definition) is 1. The molecular formula is C13H20N2O2S. The number of ether oxygens (including phenoxy) is 2. The van der Waals surface area contributed by atoms with Crippen molar-refractivity contribution in [1.82, 2.24) is 4.98 Å². The standard InChI is InChI=1S/C13H20N2O2S/c1-9-12(18-8-15-9)11(14)10-2-4-17-13(6-10)3-5-16-7-13/h8,10-11H,2-7,14H2,1H3. The number of nitrogens with two attached hydrogens (primary N) is 1. The molecular weight excluding hydrogens is 248 g/mol. The molecule has 2 saturated heterocycles. The lowest BCUT2D eigenvalue weighted by molar-refractivity contribution is -0.101. The van der Waals surface area contributed by atoms with Gasteiger partial charge in [0.05, 0.1) is 23.4 Å². The number of rotatable bonds is 2. The van der Waals surface area contributed by atoms with Crippen LogP contribution in [0.5, 0.6) is 0 Å². The molecule has 4 nitrogen and oxygen atoms in total. The highest BCUT2D eigenvalue weighted by molar-refractivity contribution is 7.09. The molecule has 0 saturated carbocycles. The van der Waals surface area contributed by atoms with Gasteiger partial charge in [-0.15, -0.1) is 11.3 Å². The predicted octanol–water partition coefficient (Wildman–Crippen LogP) is 2.04. The predicted molar refractivity (Wildman–Crippen MR) is 70.6 cm³/mol. The SMILES string of the molecule is Cc1ncsc1C(N)C1CCOC2(CCOC2)C1. The smallest absolute Gasteiger partial charge is 0.0940 e. The van der Waals surface area contributed by atoms with Gasteiger partial charge in [-0.25, -0.2) is 4.98 Å². The minimum Gasteiger partial charge on any atom is -0.378 e. The van der Waals surface area contributed by atoms with E-state index in [2.05, 4.69) is 4.98 Å². The minimum absolute atomic E-state index is 0.0564. The van der Waals surface area contributed by atoms with Crippen LogP contribution in [-0.4, -0.2) is 30.4 Å². The van der Waals surface area contributed by atoms with Crippen LogP contribution in [0.25, 0.3) is 0 Å². The van der Waals surface area contributed by atoms with Gasteiger partial charge in [0.25, 0.3) is 0 Å². The molecule has 18 heavy (non-hydrogen) atoms. The molecule has 0 aliphatic carbocycles. The van der Waals surface area contributed by atoms with E-state index < -0.39 is 0 Å². The van der Waals surface area contributed by atoms with Gasteiger partial charge in [-0.05, 0) is 25.7 Å². The Labute approximate surface area is 111 Å². The first kappa shape index (κ1) is 12.5. The zero-order valence-electron chi connectivity index (χ0n) is 10.7. The van der Waals surface area contributed by atoms with Crippen LogP contribution < -0.4 is 5.73 Å². The Hall–Kier alpha value is -0.490. The van der Waals surface area contributed by atoms with Crippen LogP contribution in [0.15, 0.2) is 5.51 Å². The van der Waals surface area contributed by atoms with Crippen molar-refractivity contribution in [2.24, 2.45) is 11.7 Å². The van der Waals surface area contributed by atoms with Gasteiger partial charge in [-0.1, -0.05) is 0 Å². The lowest BCUT2D eigenvalue weighted by Gasteiger charge is -2.39. The van der Waals surface area contributed by atoms with Crippen LogP contribution in [-0.2, 0) is 9.47 Å². The fraction of sp³-hybridized carbons (Fsp3) is 0.769. The number of aryl methyl sites for hydroxylation is 1. The van der Waals surface area contributed by atoms with E-state index >= 15 is 0 Å². The number of thiazole rings is 1. The average Bonchev–Trinajstić information content (AvgIpc) is 2.98. The first-order valence-electron chi connectivity index (χ1n) is 6.57. The van der Waals surface area contributed by atoms with Crippen LogP contribution in [0.2, 0.25) is 0 Å². The van der Waals surface area contributed by atoms with Crippen molar-refractivity contribution >= 4 is 11.3 Å². The number of aromatic nitrogens is 1. The molecule has 0 radical (unpaired) electrons. The van der Waals surface area contributed by atoms with E-state index in [1.54, 1.807) is 11.3 Å². The summed E-state index contributed by atoms with van der Waals surface area (Å²) in [6, 6.07) is 0.0962. The molecule has 0 aromatic carbocycles. The quantitative estimate of drug-likeness (QED) is 0.891. The second kappa shape index (κ2) is 4.89. The van der Waals surface area contributed by atoms with E-state index in [4.69, 9.17) is 15.2 Å². The minimum atomic E-state index is -0.0564. The topological polar surface area (TPSA) is 57.4 Å². The largest absolute Gasteiger partial charge is 0.378 e. The van der Waals surface area contributed by atoms with Gasteiger partial charge in [-0.3, -0.25) is 0 Å². The number of nitrogens with zero attached hydrogens (tertiary/aromatic N) is 1. The zero-order valence-corrected chi connectivity index (χ0v) is 11.5. The Morgan fingerprint density at radius 2 is 2.44 bits per heavy atom. The van der Waals surface area contributed by atoms with Gasteiger partial charge in [0.2, 0.25) is 0 Å². The third-order valence-electron chi connectivity index (χ3n) is 4.19. The molecule has 3 atom stereocenters. The second-order valence-corrected chi connectivity index (χ2v) is 6.30. The van der Waals surface area contributed by atoms with E-state index in [9.17, 15) is 0 Å². The summed E-state index contributed by atoms with van der Waals surface area (Å²) in [6.07, 6.45) is 3.07. The van der Waals surface area contributed by atoms with Crippen molar-refractivity contribution in [2.75, 3.05) is 19.8 Å². The molecule has 5 heteroatoms. The Balaban J connectivity index is 1.74. The second-order valence-electron chi connectivity index (χ2n) is 5.41. The zero-order chi connectivity index (χ0) is 12.6. The normalized spacial score (nSPS) is 34.0. The summed E-state index contributed by atoms with van der Waals surface area (Å²) >= 11 is 1.67. The third kappa shape index (κ3) is 2.20. The summed E-state index contributed by atoms with van der Waals surface area (Å²) in [7, 11) is 0. The maximum atomic E-state index is 6.44. The van der Waals surface area contributed by atoms with Crippen molar-refractivity contribution in [3.63, 3.8) is 0 Å². The van der Waals surface area contributed by atoms with Crippen molar-refractivity contribution in [3.8, 4) is 0 Å². The summed E-state index contributed by atoms with van der Waals surface area (Å²) in [5.41, 5.74) is 9.35. The maximum Gasteiger partial charge on any atom is 0.0940 e. The molecule has 1 spiro atoms. The third-order valence-corrected chi connectivity index (χ3v) is 5.22. The molecule has 100 valence electrons. The van der Waals surface area contributed by atoms with Crippen LogP contribution in [0.1, 0.15) is 35.9 Å². The van der Waals surface area contributed by atoms with Gasteiger partial charge >= 0.3 is 0 Å². The highest BCUT2D eigenvalue weighted by Gasteiger charge is 2.42. The molecule has 1 aromatic rings. The molecule has 2 N–H and O–H groups in total. The fourth-order valence-electron chi connectivity index (χ4n) is 3.08. The van der Waals surface area contributed by atoms with E-state index in [1.165, 1.54) is 4.88 Å². The molecule has 3 rings (SSSR count). The Morgan fingerprint density at radius 1 is 1.56 bits per heavy atom. The highest BCUT2D eigenvalue weighted by atomic mass is 32.1. The van der Waals surface area contributed by atoms with E-state index in [1.807, 2.05) is 12.4 Å². The molecule has 0 bridgehead atoms. The summed E-state index contributed by atoms with van der Waals surface area (Å²) in [5.74, 6) is 0.486. The van der Waals surface area contributed by atoms with Crippen LogP contribution in [0, 0.1) is 12.8 Å². The fourth-order valence-corrected chi connectivity index (χ4v) is 3.98. The summed E-state index contributed by atoms with van der Waals surface area (Å²) in [6.45, 7) is 4.40. The van der Waals surface area contributed by atoms with Gasteiger partial charge in [0, 0.05) is 30.6 Å². The highest BCUT2D eigenvalue weighted by Crippen LogP contribution is 2.41. The average molecular weight is 268 g/mol.